The minimum absolute atomic E-state index is 0. The Morgan fingerprint density at radius 3 is 2.09 bits per heavy atom. The average Bonchev–Trinajstić information content (AvgIpc) is 3.68. The van der Waals surface area contributed by atoms with Gasteiger partial charge < -0.3 is 14.4 Å². The van der Waals surface area contributed by atoms with Gasteiger partial charge in [-0.05, 0) is 100.0 Å². The van der Waals surface area contributed by atoms with Crippen molar-refractivity contribution in [2.24, 2.45) is 0 Å². The van der Waals surface area contributed by atoms with Gasteiger partial charge in [0.05, 0.1) is 0 Å². The van der Waals surface area contributed by atoms with Gasteiger partial charge in [-0.25, -0.2) is 0 Å². The van der Waals surface area contributed by atoms with Crippen molar-refractivity contribution >= 4 is 11.0 Å². The van der Waals surface area contributed by atoms with Gasteiger partial charge in [-0.3, -0.25) is 4.98 Å². The number of aryl methyl sites for hydroxylation is 6. The maximum absolute atomic E-state index is 6.25. The number of hydrogen-bond donors (Lipinski definition) is 0. The maximum Gasteiger partial charge on any atom is 0.136 e. The molecule has 0 saturated heterocycles. The molecule has 1 radical (unpaired) electrons. The third kappa shape index (κ3) is 8.52. The van der Waals surface area contributed by atoms with Crippen LogP contribution in [0.2, 0.25) is 0 Å². The summed E-state index contributed by atoms with van der Waals surface area (Å²) in [6.45, 7) is 12.6. The SMILES string of the molecule is Cc1cccc(-c2c[c-]c(-c3cc(C)ccn3)cc2-c2ccc3oc(-c4ccc(C)nc4)cc3c2C)c1.Cc1cnc(-c2[c-]cccc2-c2ccccc2)cc1C.[Ir]. The van der Waals surface area contributed by atoms with Crippen LogP contribution in [0, 0.1) is 53.7 Å². The number of fused-ring (bicyclic) bond motifs is 1. The summed E-state index contributed by atoms with van der Waals surface area (Å²) >= 11 is 0. The Morgan fingerprint density at radius 2 is 1.33 bits per heavy atom. The first-order chi connectivity index (χ1) is 27.7. The van der Waals surface area contributed by atoms with Gasteiger partial charge in [0.15, 0.2) is 0 Å². The van der Waals surface area contributed by atoms with E-state index in [1.165, 1.54) is 50.1 Å². The molecule has 0 unspecified atom stereocenters. The molecule has 0 aliphatic heterocycles. The molecule has 0 amide bonds. The molecular weight excluding hydrogens is 887 g/mol. The van der Waals surface area contributed by atoms with Crippen LogP contribution in [0.25, 0.3) is 78.2 Å². The predicted molar refractivity (Wildman–Crippen MR) is 235 cm³/mol. The second-order valence-corrected chi connectivity index (χ2v) is 14.7. The van der Waals surface area contributed by atoms with Crippen LogP contribution >= 0.6 is 0 Å². The molecule has 5 aromatic carbocycles. The van der Waals surface area contributed by atoms with Crippen molar-refractivity contribution in [1.29, 1.82) is 0 Å². The Balaban J connectivity index is 0.000000206. The number of benzene rings is 5. The van der Waals surface area contributed by atoms with Crippen LogP contribution in [0.3, 0.4) is 0 Å². The van der Waals surface area contributed by atoms with Gasteiger partial charge in [-0.2, -0.15) is 0 Å². The number of aromatic nitrogens is 3. The molecule has 4 aromatic heterocycles. The van der Waals surface area contributed by atoms with E-state index >= 15 is 0 Å². The monoisotopic (exact) mass is 930 g/mol. The molecular formula is C53H43IrN3O-2. The van der Waals surface area contributed by atoms with E-state index in [4.69, 9.17) is 4.42 Å². The van der Waals surface area contributed by atoms with Gasteiger partial charge in [0.25, 0.3) is 0 Å². The molecule has 0 aliphatic carbocycles. The van der Waals surface area contributed by atoms with E-state index in [0.717, 1.165) is 61.6 Å². The third-order valence-corrected chi connectivity index (χ3v) is 10.5. The first kappa shape index (κ1) is 40.0. The largest absolute Gasteiger partial charge is 0.456 e. The van der Waals surface area contributed by atoms with E-state index in [1.54, 1.807) is 0 Å². The molecule has 9 aromatic rings. The first-order valence-corrected chi connectivity index (χ1v) is 19.2. The standard InChI is InChI=1S/C34H27N2O.C19H16N.Ir/c1-21-6-5-7-25(16-21)29-11-10-26(32-17-22(2)14-15-35-32)18-31(29)28-12-13-33-30(24(28)4)19-34(37-33)27-9-8-23(3)36-20-27;1-14-12-19(20-13-15(14)2)18-11-7-6-10-17(18)16-8-4-3-5-9-16;/h5-9,11-20H,1-4H3;3-10,12-13H,1-2H3;/q2*-1;. The molecule has 0 atom stereocenters. The molecule has 9 rings (SSSR count). The summed E-state index contributed by atoms with van der Waals surface area (Å²) in [6.07, 6.45) is 5.66. The van der Waals surface area contributed by atoms with Crippen LogP contribution in [0.15, 0.2) is 156 Å². The van der Waals surface area contributed by atoms with Crippen LogP contribution in [0.1, 0.15) is 33.5 Å². The molecule has 0 N–H and O–H groups in total. The van der Waals surface area contributed by atoms with Gasteiger partial charge >= 0.3 is 0 Å². The van der Waals surface area contributed by atoms with Gasteiger partial charge in [0.2, 0.25) is 0 Å². The van der Waals surface area contributed by atoms with Gasteiger partial charge in [-0.1, -0.05) is 117 Å². The van der Waals surface area contributed by atoms with E-state index in [1.807, 2.05) is 55.8 Å². The first-order valence-electron chi connectivity index (χ1n) is 19.2. The Morgan fingerprint density at radius 1 is 0.517 bits per heavy atom. The van der Waals surface area contributed by atoms with E-state index in [0.29, 0.717) is 0 Å². The molecule has 287 valence electrons. The number of rotatable bonds is 6. The zero-order valence-electron chi connectivity index (χ0n) is 33.5. The maximum atomic E-state index is 6.25. The zero-order chi connectivity index (χ0) is 39.5. The van der Waals surface area contributed by atoms with Crippen LogP contribution in [0.4, 0.5) is 0 Å². The van der Waals surface area contributed by atoms with E-state index < -0.39 is 0 Å². The van der Waals surface area contributed by atoms with Crippen molar-refractivity contribution in [3.63, 3.8) is 0 Å². The van der Waals surface area contributed by atoms with E-state index in [-0.39, 0.29) is 20.1 Å². The summed E-state index contributed by atoms with van der Waals surface area (Å²) in [7, 11) is 0. The Kier molecular flexibility index (Phi) is 12.0. The fourth-order valence-electron chi connectivity index (χ4n) is 7.16. The smallest absolute Gasteiger partial charge is 0.136 e. The number of furan rings is 1. The molecule has 0 saturated carbocycles. The second-order valence-electron chi connectivity index (χ2n) is 14.7. The Labute approximate surface area is 355 Å². The average molecular weight is 930 g/mol. The number of hydrogen-bond acceptors (Lipinski definition) is 4. The fraction of sp³-hybridized carbons (Fsp3) is 0.113. The fourth-order valence-corrected chi connectivity index (χ4v) is 7.16. The van der Waals surface area contributed by atoms with Crippen LogP contribution in [-0.2, 0) is 20.1 Å². The van der Waals surface area contributed by atoms with Crippen molar-refractivity contribution in [2.45, 2.75) is 41.5 Å². The summed E-state index contributed by atoms with van der Waals surface area (Å²) < 4.78 is 6.25. The topological polar surface area (TPSA) is 51.8 Å². The molecule has 4 nitrogen and oxygen atoms in total. The van der Waals surface area contributed by atoms with E-state index in [2.05, 4.69) is 165 Å². The van der Waals surface area contributed by atoms with Crippen LogP contribution < -0.4 is 0 Å². The molecule has 0 spiro atoms. The number of nitrogens with zero attached hydrogens (tertiary/aromatic N) is 3. The Bertz CT molecular complexity index is 2860. The summed E-state index contributed by atoms with van der Waals surface area (Å²) in [5.74, 6) is 0.827. The van der Waals surface area contributed by atoms with Crippen molar-refractivity contribution in [3.05, 3.63) is 198 Å². The van der Waals surface area contributed by atoms with Crippen molar-refractivity contribution in [3.8, 4) is 67.2 Å². The summed E-state index contributed by atoms with van der Waals surface area (Å²) in [5.41, 5.74) is 19.8. The zero-order valence-corrected chi connectivity index (χ0v) is 35.9. The molecule has 0 bridgehead atoms. The second kappa shape index (κ2) is 17.5. The van der Waals surface area contributed by atoms with Crippen molar-refractivity contribution in [1.82, 2.24) is 15.0 Å². The molecule has 0 aliphatic rings. The molecule has 58 heavy (non-hydrogen) atoms. The van der Waals surface area contributed by atoms with Gasteiger partial charge in [0.1, 0.15) is 11.3 Å². The Hall–Kier alpha value is -6.26. The summed E-state index contributed by atoms with van der Waals surface area (Å²) in [6, 6.07) is 53.0. The minimum Gasteiger partial charge on any atom is -0.456 e. The van der Waals surface area contributed by atoms with Gasteiger partial charge in [-0.15, -0.1) is 53.6 Å². The summed E-state index contributed by atoms with van der Waals surface area (Å²) in [4.78, 5) is 13.6. The number of pyridine rings is 3. The summed E-state index contributed by atoms with van der Waals surface area (Å²) in [5, 5.41) is 1.10. The molecule has 0 fully saturated rings. The van der Waals surface area contributed by atoms with Crippen molar-refractivity contribution < 1.29 is 24.5 Å². The van der Waals surface area contributed by atoms with Crippen LogP contribution in [-0.4, -0.2) is 15.0 Å². The predicted octanol–water partition coefficient (Wildman–Crippen LogP) is 13.8. The third-order valence-electron chi connectivity index (χ3n) is 10.5. The normalized spacial score (nSPS) is 10.8. The van der Waals surface area contributed by atoms with Gasteiger partial charge in [0, 0.05) is 55.3 Å². The molecule has 5 heteroatoms. The minimum atomic E-state index is 0. The van der Waals surface area contributed by atoms with Crippen molar-refractivity contribution in [2.75, 3.05) is 0 Å². The quantitative estimate of drug-likeness (QED) is 0.156. The van der Waals surface area contributed by atoms with E-state index in [9.17, 15) is 0 Å². The van der Waals surface area contributed by atoms with Crippen LogP contribution in [0.5, 0.6) is 0 Å². The molecule has 4 heterocycles.